The molecule has 0 aromatic heterocycles. The van der Waals surface area contributed by atoms with Gasteiger partial charge >= 0.3 is 0 Å². The smallest absolute Gasteiger partial charge is 0.178 e. The Hall–Kier alpha value is -1.16. The first-order valence-electron chi connectivity index (χ1n) is 5.71. The number of aryl methyl sites for hydroxylation is 1. The maximum Gasteiger partial charge on any atom is 0.178 e. The lowest BCUT2D eigenvalue weighted by Gasteiger charge is -2.04. The van der Waals surface area contributed by atoms with Crippen LogP contribution >= 0.6 is 0 Å². The maximum absolute atomic E-state index is 11.9. The van der Waals surface area contributed by atoms with Crippen molar-refractivity contribution in [1.82, 2.24) is 0 Å². The molecule has 1 aromatic carbocycles. The lowest BCUT2D eigenvalue weighted by molar-refractivity contribution is -0.117. The zero-order chi connectivity index (χ0) is 12.9. The molecule has 0 aliphatic rings. The number of carbonyl (C=O) groups is 1. The lowest BCUT2D eigenvalue weighted by Crippen LogP contribution is -2.07. The van der Waals surface area contributed by atoms with E-state index in [-0.39, 0.29) is 11.5 Å². The molecule has 0 saturated heterocycles. The largest absolute Gasteiger partial charge is 0.300 e. The summed E-state index contributed by atoms with van der Waals surface area (Å²) in [5.41, 5.74) is 0.940. The van der Waals surface area contributed by atoms with Crippen molar-refractivity contribution in [3.63, 3.8) is 0 Å². The quantitative estimate of drug-likeness (QED) is 0.733. The van der Waals surface area contributed by atoms with Gasteiger partial charge in [-0.1, -0.05) is 12.1 Å². The molecular formula is C13H18O3S. The summed E-state index contributed by atoms with van der Waals surface area (Å²) in [4.78, 5) is 11.1. The van der Waals surface area contributed by atoms with Gasteiger partial charge in [0.05, 0.1) is 10.6 Å². The minimum Gasteiger partial charge on any atom is -0.300 e. The molecule has 0 heterocycles. The first-order chi connectivity index (χ1) is 7.92. The van der Waals surface area contributed by atoms with Crippen LogP contribution in [-0.4, -0.2) is 20.0 Å². The maximum atomic E-state index is 11.9. The van der Waals surface area contributed by atoms with Crippen LogP contribution in [0.2, 0.25) is 0 Å². The number of Topliss-reactive ketones (excluding diaryl/α,β-unsaturated/α-hetero) is 1. The van der Waals surface area contributed by atoms with Crippen molar-refractivity contribution in [1.29, 1.82) is 0 Å². The van der Waals surface area contributed by atoms with Gasteiger partial charge in [0.2, 0.25) is 0 Å². The summed E-state index contributed by atoms with van der Waals surface area (Å²) >= 11 is 0. The predicted octanol–water partition coefficient (Wildman–Crippen LogP) is 2.53. The second-order valence-corrected chi connectivity index (χ2v) is 6.40. The molecule has 0 fully saturated rings. The van der Waals surface area contributed by atoms with E-state index in [1.165, 1.54) is 6.92 Å². The molecule has 0 aliphatic carbocycles. The van der Waals surface area contributed by atoms with Gasteiger partial charge in [-0.3, -0.25) is 0 Å². The number of hydrogen-bond donors (Lipinski definition) is 0. The molecule has 3 nitrogen and oxygen atoms in total. The second-order valence-electron chi connectivity index (χ2n) is 4.29. The molecule has 0 unspecified atom stereocenters. The number of rotatable bonds is 6. The molecule has 0 spiro atoms. The van der Waals surface area contributed by atoms with Crippen molar-refractivity contribution in [3.8, 4) is 0 Å². The fraction of sp³-hybridized carbons (Fsp3) is 0.462. The van der Waals surface area contributed by atoms with Crippen molar-refractivity contribution < 1.29 is 13.2 Å². The van der Waals surface area contributed by atoms with Crippen LogP contribution in [0, 0.1) is 6.92 Å². The fourth-order valence-corrected chi connectivity index (χ4v) is 3.06. The monoisotopic (exact) mass is 254 g/mol. The number of unbranched alkanes of at least 4 members (excludes halogenated alkanes) is 1. The summed E-state index contributed by atoms with van der Waals surface area (Å²) in [6.07, 6.45) is 1.64. The topological polar surface area (TPSA) is 51.2 Å². The average Bonchev–Trinajstić information content (AvgIpc) is 2.24. The van der Waals surface area contributed by atoms with Crippen LogP contribution in [0.3, 0.4) is 0 Å². The zero-order valence-electron chi connectivity index (χ0n) is 10.3. The van der Waals surface area contributed by atoms with E-state index < -0.39 is 9.84 Å². The Kier molecular flexibility index (Phi) is 4.87. The first-order valence-corrected chi connectivity index (χ1v) is 7.36. The highest BCUT2D eigenvalue weighted by Gasteiger charge is 2.13. The van der Waals surface area contributed by atoms with Crippen molar-refractivity contribution >= 4 is 15.6 Å². The summed E-state index contributed by atoms with van der Waals surface area (Å²) < 4.78 is 23.9. The minimum absolute atomic E-state index is 0.109. The van der Waals surface area contributed by atoms with Gasteiger partial charge in [-0.2, -0.15) is 0 Å². The van der Waals surface area contributed by atoms with Gasteiger partial charge in [-0.05, 0) is 44.4 Å². The van der Waals surface area contributed by atoms with Crippen molar-refractivity contribution in [2.24, 2.45) is 0 Å². The van der Waals surface area contributed by atoms with E-state index in [1.807, 2.05) is 13.0 Å². The van der Waals surface area contributed by atoms with Gasteiger partial charge in [0.1, 0.15) is 5.78 Å². The van der Waals surface area contributed by atoms with E-state index >= 15 is 0 Å². The third-order valence-corrected chi connectivity index (χ3v) is 4.34. The SMILES string of the molecule is CC(=O)CCCCS(=O)(=O)c1cccc(C)c1. The Morgan fingerprint density at radius 1 is 1.24 bits per heavy atom. The molecule has 0 aliphatic heterocycles. The first kappa shape index (κ1) is 13.9. The number of hydrogen-bond acceptors (Lipinski definition) is 3. The molecule has 0 saturated carbocycles. The standard InChI is InChI=1S/C13H18O3S/c1-11-6-5-8-13(10-11)17(15,16)9-4-3-7-12(2)14/h5-6,8,10H,3-4,7,9H2,1-2H3. The highest BCUT2D eigenvalue weighted by Crippen LogP contribution is 2.14. The molecule has 1 rings (SSSR count). The van der Waals surface area contributed by atoms with E-state index in [0.717, 1.165) is 5.56 Å². The Bertz CT molecular complexity index is 489. The van der Waals surface area contributed by atoms with Crippen LogP contribution in [0.4, 0.5) is 0 Å². The number of benzene rings is 1. The van der Waals surface area contributed by atoms with Gasteiger partial charge in [-0.15, -0.1) is 0 Å². The average molecular weight is 254 g/mol. The molecule has 0 radical (unpaired) electrons. The summed E-state index contributed by atoms with van der Waals surface area (Å²) in [5, 5.41) is 0. The zero-order valence-corrected chi connectivity index (χ0v) is 11.1. The number of carbonyl (C=O) groups excluding carboxylic acids is 1. The molecule has 4 heteroatoms. The second kappa shape index (κ2) is 5.96. The highest BCUT2D eigenvalue weighted by molar-refractivity contribution is 7.91. The van der Waals surface area contributed by atoms with E-state index in [0.29, 0.717) is 24.2 Å². The molecule has 17 heavy (non-hydrogen) atoms. The highest BCUT2D eigenvalue weighted by atomic mass is 32.2. The minimum atomic E-state index is -3.19. The van der Waals surface area contributed by atoms with Gasteiger partial charge in [0.25, 0.3) is 0 Å². The summed E-state index contributed by atoms with van der Waals surface area (Å²) in [7, 11) is -3.19. The van der Waals surface area contributed by atoms with Crippen LogP contribution in [0.1, 0.15) is 31.7 Å². The third kappa shape index (κ3) is 4.69. The van der Waals surface area contributed by atoms with E-state index in [1.54, 1.807) is 18.2 Å². The number of ketones is 1. The van der Waals surface area contributed by atoms with Crippen molar-refractivity contribution in [2.45, 2.75) is 38.0 Å². The van der Waals surface area contributed by atoms with Crippen LogP contribution in [0.5, 0.6) is 0 Å². The predicted molar refractivity (Wildman–Crippen MR) is 67.8 cm³/mol. The summed E-state index contributed by atoms with van der Waals surface area (Å²) in [6, 6.07) is 6.92. The Morgan fingerprint density at radius 2 is 1.94 bits per heavy atom. The van der Waals surface area contributed by atoms with Crippen LogP contribution in [0.25, 0.3) is 0 Å². The molecule has 0 bridgehead atoms. The van der Waals surface area contributed by atoms with Gasteiger partial charge in [0.15, 0.2) is 9.84 Å². The Morgan fingerprint density at radius 3 is 2.53 bits per heavy atom. The van der Waals surface area contributed by atoms with E-state index in [9.17, 15) is 13.2 Å². The number of sulfone groups is 1. The van der Waals surface area contributed by atoms with Gasteiger partial charge in [-0.25, -0.2) is 8.42 Å². The van der Waals surface area contributed by atoms with Crippen LogP contribution in [-0.2, 0) is 14.6 Å². The van der Waals surface area contributed by atoms with E-state index in [4.69, 9.17) is 0 Å². The molecule has 1 aromatic rings. The summed E-state index contributed by atoms with van der Waals surface area (Å²) in [5.74, 6) is 0.224. The van der Waals surface area contributed by atoms with Crippen molar-refractivity contribution in [2.75, 3.05) is 5.75 Å². The lowest BCUT2D eigenvalue weighted by atomic mass is 10.2. The normalized spacial score (nSPS) is 11.4. The van der Waals surface area contributed by atoms with Crippen LogP contribution in [0.15, 0.2) is 29.2 Å². The van der Waals surface area contributed by atoms with Gasteiger partial charge in [0, 0.05) is 6.42 Å². The third-order valence-electron chi connectivity index (χ3n) is 2.54. The molecule has 94 valence electrons. The molecule has 0 N–H and O–H groups in total. The summed E-state index contributed by atoms with van der Waals surface area (Å²) in [6.45, 7) is 3.39. The van der Waals surface area contributed by atoms with E-state index in [2.05, 4.69) is 0 Å². The Balaban J connectivity index is 2.60. The van der Waals surface area contributed by atoms with Crippen molar-refractivity contribution in [3.05, 3.63) is 29.8 Å². The van der Waals surface area contributed by atoms with Gasteiger partial charge < -0.3 is 4.79 Å². The fourth-order valence-electron chi connectivity index (χ4n) is 1.59. The molecule has 0 atom stereocenters. The Labute approximate surface area is 103 Å². The molecular weight excluding hydrogens is 236 g/mol. The van der Waals surface area contributed by atoms with Crippen LogP contribution < -0.4 is 0 Å². The molecule has 0 amide bonds.